The summed E-state index contributed by atoms with van der Waals surface area (Å²) in [7, 11) is 0. The molecule has 0 fully saturated rings. The van der Waals surface area contributed by atoms with Crippen molar-refractivity contribution < 1.29 is 4.52 Å². The van der Waals surface area contributed by atoms with Gasteiger partial charge in [0.2, 0.25) is 0 Å². The Morgan fingerprint density at radius 2 is 1.29 bits per heavy atom. The van der Waals surface area contributed by atoms with E-state index in [1.54, 1.807) is 0 Å². The molecule has 0 aliphatic rings. The van der Waals surface area contributed by atoms with Crippen LogP contribution in [-0.4, -0.2) is 5.16 Å². The summed E-state index contributed by atoms with van der Waals surface area (Å²) in [6, 6.07) is 26.6. The van der Waals surface area contributed by atoms with Gasteiger partial charge in [-0.15, -0.1) is 0 Å². The molecule has 0 spiro atoms. The predicted molar refractivity (Wildman–Crippen MR) is 84.9 cm³/mol. The van der Waals surface area contributed by atoms with Crippen molar-refractivity contribution in [2.45, 2.75) is 0 Å². The van der Waals surface area contributed by atoms with Crippen LogP contribution in [0.1, 0.15) is 0 Å². The Balaban J connectivity index is 1.91. The summed E-state index contributed by atoms with van der Waals surface area (Å²) < 4.78 is 5.54. The Labute approximate surface area is 122 Å². The van der Waals surface area contributed by atoms with E-state index in [0.29, 0.717) is 0 Å². The van der Waals surface area contributed by atoms with E-state index >= 15 is 0 Å². The van der Waals surface area contributed by atoms with Crippen molar-refractivity contribution >= 4 is 10.9 Å². The molecule has 0 amide bonds. The van der Waals surface area contributed by atoms with Gasteiger partial charge in [-0.05, 0) is 23.3 Å². The van der Waals surface area contributed by atoms with E-state index in [1.165, 1.54) is 11.1 Å². The van der Waals surface area contributed by atoms with E-state index in [9.17, 15) is 0 Å². The molecule has 2 nitrogen and oxygen atoms in total. The summed E-state index contributed by atoms with van der Waals surface area (Å²) in [6.07, 6.45) is 0. The van der Waals surface area contributed by atoms with Crippen molar-refractivity contribution in [3.63, 3.8) is 0 Å². The molecule has 0 saturated heterocycles. The summed E-state index contributed by atoms with van der Waals surface area (Å²) >= 11 is 0. The second-order valence-electron chi connectivity index (χ2n) is 4.98. The quantitative estimate of drug-likeness (QED) is 0.503. The maximum Gasteiger partial charge on any atom is 0.174 e. The van der Waals surface area contributed by atoms with Gasteiger partial charge in [0, 0.05) is 5.56 Å². The second kappa shape index (κ2) is 4.91. The fourth-order valence-electron chi connectivity index (χ4n) is 2.55. The zero-order valence-electron chi connectivity index (χ0n) is 11.4. The fourth-order valence-corrected chi connectivity index (χ4v) is 2.55. The van der Waals surface area contributed by atoms with E-state index in [0.717, 1.165) is 22.2 Å². The SMILES string of the molecule is c1ccc(-c2ccc3noc(-c4ccccc4)c3c2)cc1. The molecule has 4 aromatic rings. The first-order valence-corrected chi connectivity index (χ1v) is 6.92. The molecule has 21 heavy (non-hydrogen) atoms. The third-order valence-corrected chi connectivity index (χ3v) is 3.62. The average Bonchev–Trinajstić information content (AvgIpc) is 2.99. The van der Waals surface area contributed by atoms with Gasteiger partial charge >= 0.3 is 0 Å². The number of fused-ring (bicyclic) bond motifs is 1. The summed E-state index contributed by atoms with van der Waals surface area (Å²) in [4.78, 5) is 0. The maximum atomic E-state index is 5.54. The van der Waals surface area contributed by atoms with Crippen molar-refractivity contribution in [1.82, 2.24) is 5.16 Å². The van der Waals surface area contributed by atoms with Crippen molar-refractivity contribution in [2.75, 3.05) is 0 Å². The minimum atomic E-state index is 0.823. The molecule has 0 atom stereocenters. The van der Waals surface area contributed by atoms with Crippen LogP contribution in [0.15, 0.2) is 83.4 Å². The molecule has 1 aromatic heterocycles. The molecular weight excluding hydrogens is 258 g/mol. The first kappa shape index (κ1) is 11.9. The largest absolute Gasteiger partial charge is 0.355 e. The molecule has 0 N–H and O–H groups in total. The fraction of sp³-hybridized carbons (Fsp3) is 0. The molecule has 3 aromatic carbocycles. The van der Waals surface area contributed by atoms with Crippen molar-refractivity contribution in [2.24, 2.45) is 0 Å². The Bertz CT molecular complexity index is 879. The lowest BCUT2D eigenvalue weighted by molar-refractivity contribution is 0.441. The van der Waals surface area contributed by atoms with Crippen LogP contribution in [0.3, 0.4) is 0 Å². The second-order valence-corrected chi connectivity index (χ2v) is 4.98. The van der Waals surface area contributed by atoms with Crippen LogP contribution < -0.4 is 0 Å². The summed E-state index contributed by atoms with van der Waals surface area (Å²) in [5, 5.41) is 5.20. The highest BCUT2D eigenvalue weighted by atomic mass is 16.5. The van der Waals surface area contributed by atoms with Gasteiger partial charge in [-0.1, -0.05) is 71.9 Å². The highest BCUT2D eigenvalue weighted by Gasteiger charge is 2.11. The highest BCUT2D eigenvalue weighted by molar-refractivity contribution is 5.94. The number of hydrogen-bond donors (Lipinski definition) is 0. The van der Waals surface area contributed by atoms with E-state index in [2.05, 4.69) is 29.4 Å². The van der Waals surface area contributed by atoms with Crippen molar-refractivity contribution in [3.05, 3.63) is 78.9 Å². The minimum absolute atomic E-state index is 0.823. The van der Waals surface area contributed by atoms with Crippen LogP contribution in [0, 0.1) is 0 Å². The van der Waals surface area contributed by atoms with Crippen molar-refractivity contribution in [3.8, 4) is 22.5 Å². The van der Waals surface area contributed by atoms with Gasteiger partial charge in [-0.2, -0.15) is 0 Å². The number of nitrogens with zero attached hydrogens (tertiary/aromatic N) is 1. The summed E-state index contributed by atoms with van der Waals surface area (Å²) in [5.41, 5.74) is 4.29. The van der Waals surface area contributed by atoms with E-state index < -0.39 is 0 Å². The molecule has 0 aliphatic carbocycles. The zero-order valence-corrected chi connectivity index (χ0v) is 11.4. The Morgan fingerprint density at radius 3 is 2.00 bits per heavy atom. The lowest BCUT2D eigenvalue weighted by atomic mass is 10.0. The number of hydrogen-bond acceptors (Lipinski definition) is 2. The van der Waals surface area contributed by atoms with Crippen LogP contribution in [0.25, 0.3) is 33.4 Å². The monoisotopic (exact) mass is 271 g/mol. The molecule has 0 aliphatic heterocycles. The van der Waals surface area contributed by atoms with Crippen LogP contribution >= 0.6 is 0 Å². The Hall–Kier alpha value is -2.87. The summed E-state index contributed by atoms with van der Waals surface area (Å²) in [5.74, 6) is 0.823. The molecule has 0 bridgehead atoms. The molecule has 1 heterocycles. The topological polar surface area (TPSA) is 26.0 Å². The van der Waals surface area contributed by atoms with Gasteiger partial charge in [-0.3, -0.25) is 0 Å². The van der Waals surface area contributed by atoms with E-state index in [4.69, 9.17) is 4.52 Å². The van der Waals surface area contributed by atoms with Gasteiger partial charge in [0.05, 0.1) is 5.39 Å². The van der Waals surface area contributed by atoms with Gasteiger partial charge < -0.3 is 4.52 Å². The number of aromatic nitrogens is 1. The Morgan fingerprint density at radius 1 is 0.619 bits per heavy atom. The normalized spacial score (nSPS) is 10.9. The van der Waals surface area contributed by atoms with Crippen LogP contribution in [0.2, 0.25) is 0 Å². The van der Waals surface area contributed by atoms with Crippen LogP contribution in [0.5, 0.6) is 0 Å². The molecule has 4 rings (SSSR count). The van der Waals surface area contributed by atoms with E-state index in [-0.39, 0.29) is 0 Å². The molecule has 0 radical (unpaired) electrons. The number of benzene rings is 3. The maximum absolute atomic E-state index is 5.54. The minimum Gasteiger partial charge on any atom is -0.355 e. The highest BCUT2D eigenvalue weighted by Crippen LogP contribution is 2.31. The third kappa shape index (κ3) is 2.11. The lowest BCUT2D eigenvalue weighted by Gasteiger charge is -2.02. The molecule has 2 heteroatoms. The lowest BCUT2D eigenvalue weighted by Crippen LogP contribution is -1.78. The van der Waals surface area contributed by atoms with Gasteiger partial charge in [0.25, 0.3) is 0 Å². The number of rotatable bonds is 2. The summed E-state index contributed by atoms with van der Waals surface area (Å²) in [6.45, 7) is 0. The van der Waals surface area contributed by atoms with E-state index in [1.807, 2.05) is 54.6 Å². The van der Waals surface area contributed by atoms with Gasteiger partial charge in [0.1, 0.15) is 5.52 Å². The Kier molecular flexibility index (Phi) is 2.79. The third-order valence-electron chi connectivity index (χ3n) is 3.62. The zero-order chi connectivity index (χ0) is 14.1. The molecule has 0 unspecified atom stereocenters. The first-order chi connectivity index (χ1) is 10.4. The first-order valence-electron chi connectivity index (χ1n) is 6.92. The molecule has 0 saturated carbocycles. The average molecular weight is 271 g/mol. The van der Waals surface area contributed by atoms with Gasteiger partial charge in [-0.25, -0.2) is 0 Å². The van der Waals surface area contributed by atoms with Crippen LogP contribution in [-0.2, 0) is 0 Å². The van der Waals surface area contributed by atoms with Gasteiger partial charge in [0.15, 0.2) is 5.76 Å². The standard InChI is InChI=1S/C19H13NO/c1-3-7-14(8-4-1)16-11-12-18-17(13-16)19(21-20-18)15-9-5-2-6-10-15/h1-13H. The predicted octanol–water partition coefficient (Wildman–Crippen LogP) is 5.16. The smallest absolute Gasteiger partial charge is 0.174 e. The van der Waals surface area contributed by atoms with Crippen molar-refractivity contribution in [1.29, 1.82) is 0 Å². The van der Waals surface area contributed by atoms with Crippen LogP contribution in [0.4, 0.5) is 0 Å². The molecule has 100 valence electrons. The molecular formula is C19H13NO.